The van der Waals surface area contributed by atoms with Crippen molar-refractivity contribution >= 4 is 40.7 Å². The maximum Gasteiger partial charge on any atom is 0.283 e. The van der Waals surface area contributed by atoms with E-state index in [4.69, 9.17) is 11.6 Å². The summed E-state index contributed by atoms with van der Waals surface area (Å²) in [5.74, 6) is -1.25. The second-order valence-corrected chi connectivity index (χ2v) is 8.31. The van der Waals surface area contributed by atoms with Crippen LogP contribution < -0.4 is 15.5 Å². The molecule has 160 valence electrons. The normalized spacial score (nSPS) is 17.3. The van der Waals surface area contributed by atoms with E-state index in [1.807, 2.05) is 19.1 Å². The average molecular weight is 438 g/mol. The van der Waals surface area contributed by atoms with Crippen molar-refractivity contribution in [3.05, 3.63) is 70.4 Å². The van der Waals surface area contributed by atoms with E-state index >= 15 is 0 Å². The monoisotopic (exact) mass is 437 g/mol. The fourth-order valence-corrected chi connectivity index (χ4v) is 4.26. The molecule has 2 aromatic carbocycles. The van der Waals surface area contributed by atoms with Gasteiger partial charge in [0.2, 0.25) is 0 Å². The number of aryl methyl sites for hydroxylation is 1. The number of hydrogen-bond donors (Lipinski definition) is 2. The molecular weight excluding hydrogens is 414 g/mol. The number of benzene rings is 2. The molecule has 0 spiro atoms. The molecule has 2 N–H and O–H groups in total. The summed E-state index contributed by atoms with van der Waals surface area (Å²) in [6, 6.07) is 14.2. The highest BCUT2D eigenvalue weighted by Gasteiger charge is 2.39. The van der Waals surface area contributed by atoms with Gasteiger partial charge < -0.3 is 10.6 Å². The fraction of sp³-hybridized carbons (Fsp3) is 0.292. The Kier molecular flexibility index (Phi) is 6.09. The molecule has 7 heteroatoms. The van der Waals surface area contributed by atoms with Crippen LogP contribution in [0, 0.1) is 6.92 Å². The second-order valence-electron chi connectivity index (χ2n) is 7.94. The van der Waals surface area contributed by atoms with E-state index in [0.29, 0.717) is 16.9 Å². The molecule has 2 aromatic rings. The van der Waals surface area contributed by atoms with Gasteiger partial charge in [-0.2, -0.15) is 0 Å². The largest absolute Gasteiger partial charge is 0.350 e. The first-order valence-electron chi connectivity index (χ1n) is 10.5. The highest BCUT2D eigenvalue weighted by Crippen LogP contribution is 2.32. The summed E-state index contributed by atoms with van der Waals surface area (Å²) in [6.45, 7) is 1.82. The van der Waals surface area contributed by atoms with Gasteiger partial charge in [-0.05, 0) is 49.6 Å². The molecule has 0 aromatic heterocycles. The summed E-state index contributed by atoms with van der Waals surface area (Å²) >= 11 is 6.23. The summed E-state index contributed by atoms with van der Waals surface area (Å²) in [5, 5.41) is 5.85. The molecule has 0 saturated heterocycles. The third kappa shape index (κ3) is 4.35. The lowest BCUT2D eigenvalue weighted by atomic mass is 9.95. The van der Waals surface area contributed by atoms with Crippen molar-refractivity contribution in [3.8, 4) is 0 Å². The number of para-hydroxylation sites is 1. The Morgan fingerprint density at radius 2 is 1.74 bits per heavy atom. The Morgan fingerprint density at radius 3 is 2.48 bits per heavy atom. The van der Waals surface area contributed by atoms with Crippen LogP contribution in [0.25, 0.3) is 0 Å². The highest BCUT2D eigenvalue weighted by molar-refractivity contribution is 6.53. The van der Waals surface area contributed by atoms with Crippen molar-refractivity contribution in [1.82, 2.24) is 5.32 Å². The number of nitrogens with one attached hydrogen (secondary N) is 2. The number of anilines is 2. The van der Waals surface area contributed by atoms with E-state index in [0.717, 1.165) is 36.1 Å². The van der Waals surface area contributed by atoms with Gasteiger partial charge in [0.15, 0.2) is 0 Å². The number of halogens is 1. The van der Waals surface area contributed by atoms with Gasteiger partial charge >= 0.3 is 0 Å². The quantitative estimate of drug-likeness (QED) is 0.675. The molecule has 2 aliphatic rings. The second kappa shape index (κ2) is 8.94. The van der Waals surface area contributed by atoms with E-state index < -0.39 is 11.8 Å². The topological polar surface area (TPSA) is 78.5 Å². The lowest BCUT2D eigenvalue weighted by Crippen LogP contribution is -2.36. The molecule has 4 rings (SSSR count). The first-order chi connectivity index (χ1) is 15.0. The van der Waals surface area contributed by atoms with Crippen molar-refractivity contribution in [3.63, 3.8) is 0 Å². The van der Waals surface area contributed by atoms with E-state index in [-0.39, 0.29) is 22.7 Å². The zero-order chi connectivity index (χ0) is 22.0. The molecule has 31 heavy (non-hydrogen) atoms. The van der Waals surface area contributed by atoms with Crippen LogP contribution in [-0.4, -0.2) is 23.8 Å². The number of carbonyl (C=O) groups excluding carboxylic acids is 3. The van der Waals surface area contributed by atoms with Crippen LogP contribution in [0.5, 0.6) is 0 Å². The van der Waals surface area contributed by atoms with Crippen LogP contribution in [0.15, 0.2) is 59.3 Å². The van der Waals surface area contributed by atoms with Crippen molar-refractivity contribution in [2.24, 2.45) is 0 Å². The number of carbonyl (C=O) groups is 3. The van der Waals surface area contributed by atoms with Crippen molar-refractivity contribution < 1.29 is 14.4 Å². The van der Waals surface area contributed by atoms with Crippen LogP contribution >= 0.6 is 11.6 Å². The maximum atomic E-state index is 13.0. The molecule has 1 aliphatic carbocycles. The molecule has 0 atom stereocenters. The third-order valence-corrected chi connectivity index (χ3v) is 6.07. The van der Waals surface area contributed by atoms with Crippen LogP contribution in [0.2, 0.25) is 0 Å². The molecule has 3 amide bonds. The van der Waals surface area contributed by atoms with Gasteiger partial charge in [0.05, 0.1) is 5.69 Å². The van der Waals surface area contributed by atoms with E-state index in [2.05, 4.69) is 10.6 Å². The van der Waals surface area contributed by atoms with Crippen molar-refractivity contribution in [2.45, 2.75) is 45.1 Å². The van der Waals surface area contributed by atoms with Gasteiger partial charge in [0.1, 0.15) is 10.7 Å². The summed E-state index contributed by atoms with van der Waals surface area (Å²) in [6.07, 6.45) is 5.47. The molecular formula is C24H24ClN3O3. The van der Waals surface area contributed by atoms with E-state index in [9.17, 15) is 14.4 Å². The van der Waals surface area contributed by atoms with Gasteiger partial charge in [-0.15, -0.1) is 0 Å². The van der Waals surface area contributed by atoms with Crippen LogP contribution in [0.4, 0.5) is 11.4 Å². The van der Waals surface area contributed by atoms with Crippen LogP contribution in [0.1, 0.15) is 48.0 Å². The van der Waals surface area contributed by atoms with Gasteiger partial charge in [-0.3, -0.25) is 14.4 Å². The molecule has 0 radical (unpaired) electrons. The predicted molar refractivity (Wildman–Crippen MR) is 121 cm³/mol. The highest BCUT2D eigenvalue weighted by atomic mass is 35.5. The molecule has 0 unspecified atom stereocenters. The van der Waals surface area contributed by atoms with Gasteiger partial charge in [-0.1, -0.05) is 55.1 Å². The maximum absolute atomic E-state index is 13.0. The Balaban J connectivity index is 1.52. The minimum Gasteiger partial charge on any atom is -0.350 e. The molecule has 1 fully saturated rings. The van der Waals surface area contributed by atoms with Crippen molar-refractivity contribution in [1.29, 1.82) is 0 Å². The molecule has 6 nitrogen and oxygen atoms in total. The SMILES string of the molecule is Cc1ccccc1N1C(=O)C(Cl)=C(Nc2cccc(C(=O)NC3CCCCC3)c2)C1=O. The summed E-state index contributed by atoms with van der Waals surface area (Å²) in [7, 11) is 0. The van der Waals surface area contributed by atoms with Crippen molar-refractivity contribution in [2.75, 3.05) is 10.2 Å². The van der Waals surface area contributed by atoms with Gasteiger partial charge in [0, 0.05) is 17.3 Å². The zero-order valence-corrected chi connectivity index (χ0v) is 18.0. The Hall–Kier alpha value is -3.12. The van der Waals surface area contributed by atoms with Crippen LogP contribution in [0.3, 0.4) is 0 Å². The number of nitrogens with zero attached hydrogens (tertiary/aromatic N) is 1. The Morgan fingerprint density at radius 1 is 1.00 bits per heavy atom. The minimum atomic E-state index is -0.574. The van der Waals surface area contributed by atoms with Gasteiger partial charge in [0.25, 0.3) is 17.7 Å². The number of amides is 3. The van der Waals surface area contributed by atoms with Crippen LogP contribution in [-0.2, 0) is 9.59 Å². The third-order valence-electron chi connectivity index (χ3n) is 5.72. The summed E-state index contributed by atoms with van der Waals surface area (Å²) in [5.41, 5.74) is 2.28. The Bertz CT molecular complexity index is 1070. The minimum absolute atomic E-state index is 0.000224. The van der Waals surface area contributed by atoms with E-state index in [1.165, 1.54) is 6.42 Å². The lowest BCUT2D eigenvalue weighted by Gasteiger charge is -2.22. The van der Waals surface area contributed by atoms with E-state index in [1.54, 1.807) is 36.4 Å². The fourth-order valence-electron chi connectivity index (χ4n) is 4.04. The molecule has 0 bridgehead atoms. The molecule has 1 aliphatic heterocycles. The first kappa shape index (κ1) is 21.1. The lowest BCUT2D eigenvalue weighted by molar-refractivity contribution is -0.120. The summed E-state index contributed by atoms with van der Waals surface area (Å²) < 4.78 is 0. The summed E-state index contributed by atoms with van der Waals surface area (Å²) in [4.78, 5) is 39.4. The standard InChI is InChI=1S/C24H24ClN3O3/c1-15-8-5-6-13-19(15)28-23(30)20(25)21(24(28)31)26-18-12-7-9-16(14-18)22(29)27-17-10-3-2-4-11-17/h5-9,12-14,17,26H,2-4,10-11H2,1H3,(H,27,29). The number of rotatable bonds is 5. The zero-order valence-electron chi connectivity index (χ0n) is 17.3. The number of hydrogen-bond acceptors (Lipinski definition) is 4. The average Bonchev–Trinajstić information content (AvgIpc) is 2.98. The first-order valence-corrected chi connectivity index (χ1v) is 10.9. The number of imide groups is 1. The van der Waals surface area contributed by atoms with Gasteiger partial charge in [-0.25, -0.2) is 4.90 Å². The Labute approximate surface area is 186 Å². The smallest absolute Gasteiger partial charge is 0.283 e. The molecule has 1 heterocycles. The molecule has 1 saturated carbocycles. The predicted octanol–water partition coefficient (Wildman–Crippen LogP) is 4.49.